The lowest BCUT2D eigenvalue weighted by Crippen LogP contribution is -1.66. The second-order valence-corrected chi connectivity index (χ2v) is 3.91. The summed E-state index contributed by atoms with van der Waals surface area (Å²) in [6.45, 7) is 2.08. The van der Waals surface area contributed by atoms with Gasteiger partial charge in [-0.3, -0.25) is 0 Å². The Balaban J connectivity index is 2.87. The highest BCUT2D eigenvalue weighted by molar-refractivity contribution is 7.11. The third-order valence-electron chi connectivity index (χ3n) is 1.67. The van der Waals surface area contributed by atoms with E-state index in [2.05, 4.69) is 12.3 Å². The van der Waals surface area contributed by atoms with Gasteiger partial charge in [0.25, 0.3) is 0 Å². The highest BCUT2D eigenvalue weighted by atomic mass is 35.5. The zero-order chi connectivity index (χ0) is 7.84. The van der Waals surface area contributed by atoms with Crippen LogP contribution in [0.2, 0.25) is 5.02 Å². The summed E-state index contributed by atoms with van der Waals surface area (Å²) in [6.07, 6.45) is 0. The molecule has 0 unspecified atom stereocenters. The predicted molar refractivity (Wildman–Crippen MR) is 50.4 cm³/mol. The van der Waals surface area contributed by atoms with Gasteiger partial charge in [0, 0.05) is 15.3 Å². The van der Waals surface area contributed by atoms with Crippen LogP contribution < -0.4 is 0 Å². The summed E-state index contributed by atoms with van der Waals surface area (Å²) in [6, 6.07) is 5.88. The fraction of sp³-hybridized carbons (Fsp3) is 0.111. The normalized spacial score (nSPS) is 10.7. The van der Waals surface area contributed by atoms with Crippen LogP contribution >= 0.6 is 22.9 Å². The Morgan fingerprint density at radius 1 is 1.45 bits per heavy atom. The van der Waals surface area contributed by atoms with Gasteiger partial charge in [0.1, 0.15) is 0 Å². The highest BCUT2D eigenvalue weighted by Gasteiger charge is 1.99. The zero-order valence-corrected chi connectivity index (χ0v) is 7.59. The molecule has 0 saturated heterocycles. The predicted octanol–water partition coefficient (Wildman–Crippen LogP) is 3.66. The Hall–Kier alpha value is -0.530. The summed E-state index contributed by atoms with van der Waals surface area (Å²) < 4.78 is 0. The third kappa shape index (κ3) is 1.15. The second kappa shape index (κ2) is 2.50. The molecule has 0 N–H and O–H groups in total. The summed E-state index contributed by atoms with van der Waals surface area (Å²) in [5, 5.41) is 6.38. The van der Waals surface area contributed by atoms with Crippen LogP contribution in [0.4, 0.5) is 0 Å². The maximum absolute atomic E-state index is 5.84. The number of halogens is 1. The molecule has 0 aliphatic heterocycles. The zero-order valence-electron chi connectivity index (χ0n) is 6.02. The lowest BCUT2D eigenvalue weighted by Gasteiger charge is -1.91. The molecule has 11 heavy (non-hydrogen) atoms. The first-order chi connectivity index (χ1) is 5.27. The van der Waals surface area contributed by atoms with E-state index in [9.17, 15) is 0 Å². The Kier molecular flexibility index (Phi) is 1.63. The molecule has 1 aromatic heterocycles. The molecular weight excluding hydrogens is 176 g/mol. The third-order valence-corrected chi connectivity index (χ3v) is 2.76. The second-order valence-electron chi connectivity index (χ2n) is 2.45. The average Bonchev–Trinajstić information content (AvgIpc) is 2.33. The topological polar surface area (TPSA) is 0 Å². The number of fused-ring (bicyclic) bond motifs is 1. The molecule has 0 aliphatic rings. The molecule has 2 heteroatoms. The molecule has 2 aromatic rings. The van der Waals surface area contributed by atoms with E-state index >= 15 is 0 Å². The number of hydrogen-bond acceptors (Lipinski definition) is 1. The molecular formula is C9H6ClS. The SMILES string of the molecule is Cc1s[c]c2ccc(Cl)cc12. The largest absolute Gasteiger partial charge is 0.138 e. The van der Waals surface area contributed by atoms with Crippen molar-refractivity contribution in [1.82, 2.24) is 0 Å². The van der Waals surface area contributed by atoms with Gasteiger partial charge in [0.2, 0.25) is 0 Å². The monoisotopic (exact) mass is 181 g/mol. The van der Waals surface area contributed by atoms with Crippen LogP contribution in [0.5, 0.6) is 0 Å². The van der Waals surface area contributed by atoms with Gasteiger partial charge >= 0.3 is 0 Å². The summed E-state index contributed by atoms with van der Waals surface area (Å²) in [4.78, 5) is 1.28. The van der Waals surface area contributed by atoms with Crippen LogP contribution in [-0.4, -0.2) is 0 Å². The van der Waals surface area contributed by atoms with Crippen molar-refractivity contribution in [3.05, 3.63) is 33.5 Å². The van der Waals surface area contributed by atoms with Gasteiger partial charge in [0.15, 0.2) is 0 Å². The molecule has 1 heterocycles. The van der Waals surface area contributed by atoms with Crippen molar-refractivity contribution in [2.45, 2.75) is 6.92 Å². The number of rotatable bonds is 0. The molecule has 0 fully saturated rings. The first-order valence-corrected chi connectivity index (χ1v) is 4.53. The van der Waals surface area contributed by atoms with E-state index in [1.54, 1.807) is 11.3 Å². The summed E-state index contributed by atoms with van der Waals surface area (Å²) in [7, 11) is 0. The van der Waals surface area contributed by atoms with Crippen molar-refractivity contribution < 1.29 is 0 Å². The maximum Gasteiger partial charge on any atom is 0.0530 e. The van der Waals surface area contributed by atoms with E-state index in [-0.39, 0.29) is 0 Å². The van der Waals surface area contributed by atoms with Crippen LogP contribution in [0.25, 0.3) is 10.8 Å². The van der Waals surface area contributed by atoms with Gasteiger partial charge in [-0.25, -0.2) is 0 Å². The lowest BCUT2D eigenvalue weighted by atomic mass is 10.2. The van der Waals surface area contributed by atoms with Crippen molar-refractivity contribution in [1.29, 1.82) is 0 Å². The number of benzene rings is 1. The molecule has 0 bridgehead atoms. The van der Waals surface area contributed by atoms with Crippen LogP contribution in [0, 0.1) is 12.3 Å². The van der Waals surface area contributed by atoms with Gasteiger partial charge in [-0.05, 0) is 24.4 Å². The molecule has 0 aliphatic carbocycles. The molecule has 0 saturated carbocycles. The molecule has 2 rings (SSSR count). The minimum atomic E-state index is 0.799. The smallest absolute Gasteiger partial charge is 0.0530 e. The van der Waals surface area contributed by atoms with Crippen molar-refractivity contribution in [3.63, 3.8) is 0 Å². The fourth-order valence-corrected chi connectivity index (χ4v) is 1.98. The van der Waals surface area contributed by atoms with E-state index < -0.39 is 0 Å². The minimum absolute atomic E-state index is 0.799. The average molecular weight is 182 g/mol. The van der Waals surface area contributed by atoms with Crippen molar-refractivity contribution in [2.24, 2.45) is 0 Å². The molecule has 0 amide bonds. The van der Waals surface area contributed by atoms with E-state index in [1.807, 2.05) is 18.2 Å². The van der Waals surface area contributed by atoms with Crippen molar-refractivity contribution in [2.75, 3.05) is 0 Å². The minimum Gasteiger partial charge on any atom is -0.138 e. The van der Waals surface area contributed by atoms with Gasteiger partial charge in [0.05, 0.1) is 5.38 Å². The van der Waals surface area contributed by atoms with Gasteiger partial charge < -0.3 is 0 Å². The van der Waals surface area contributed by atoms with Crippen LogP contribution in [0.1, 0.15) is 4.88 Å². The van der Waals surface area contributed by atoms with Crippen LogP contribution in [0.3, 0.4) is 0 Å². The number of aryl methyl sites for hydroxylation is 1. The molecule has 1 radical (unpaired) electrons. The number of hydrogen-bond donors (Lipinski definition) is 0. The Morgan fingerprint density at radius 3 is 3.09 bits per heavy atom. The van der Waals surface area contributed by atoms with E-state index in [4.69, 9.17) is 11.6 Å². The first kappa shape index (κ1) is 7.14. The molecule has 0 spiro atoms. The fourth-order valence-electron chi connectivity index (χ4n) is 1.08. The summed E-state index contributed by atoms with van der Waals surface area (Å²) in [5.74, 6) is 0. The summed E-state index contributed by atoms with van der Waals surface area (Å²) >= 11 is 7.48. The Morgan fingerprint density at radius 2 is 2.27 bits per heavy atom. The van der Waals surface area contributed by atoms with Gasteiger partial charge in [-0.1, -0.05) is 17.7 Å². The van der Waals surface area contributed by atoms with Gasteiger partial charge in [-0.2, -0.15) is 0 Å². The van der Waals surface area contributed by atoms with E-state index in [0.717, 1.165) is 10.4 Å². The Labute approximate surface area is 74.4 Å². The number of thiophene rings is 1. The molecule has 0 nitrogen and oxygen atoms in total. The quantitative estimate of drug-likeness (QED) is 0.582. The van der Waals surface area contributed by atoms with Gasteiger partial charge in [-0.15, -0.1) is 11.3 Å². The van der Waals surface area contributed by atoms with Crippen molar-refractivity contribution >= 4 is 33.7 Å². The maximum atomic E-state index is 5.84. The van der Waals surface area contributed by atoms with Crippen LogP contribution in [-0.2, 0) is 0 Å². The Bertz CT molecular complexity index is 389. The van der Waals surface area contributed by atoms with Crippen molar-refractivity contribution in [3.8, 4) is 0 Å². The van der Waals surface area contributed by atoms with Crippen LogP contribution in [0.15, 0.2) is 18.2 Å². The summed E-state index contributed by atoms with van der Waals surface area (Å²) in [5.41, 5.74) is 0. The standard InChI is InChI=1S/C9H6ClS/c1-6-9-4-8(10)3-2-7(9)5-11-6/h2-4H,1H3. The molecule has 0 atom stereocenters. The lowest BCUT2D eigenvalue weighted by molar-refractivity contribution is 1.68. The van der Waals surface area contributed by atoms with E-state index in [1.165, 1.54) is 10.3 Å². The molecule has 55 valence electrons. The first-order valence-electron chi connectivity index (χ1n) is 3.34. The highest BCUT2D eigenvalue weighted by Crippen LogP contribution is 2.26. The molecule has 1 aromatic carbocycles. The van der Waals surface area contributed by atoms with E-state index in [0.29, 0.717) is 0 Å².